The fraction of sp³-hybridized carbons (Fsp3) is 0.522. The van der Waals surface area contributed by atoms with Crippen LogP contribution < -0.4 is 4.90 Å². The molecule has 1 N–H and O–H groups in total. The predicted molar refractivity (Wildman–Crippen MR) is 115 cm³/mol. The highest BCUT2D eigenvalue weighted by Crippen LogP contribution is 2.29. The SMILES string of the molecule is Cc1cn(C)c2c1C(=O)N(CCCN1CCN(c3ccccc3)CC1)CCC2O. The van der Waals surface area contributed by atoms with Gasteiger partial charge in [0.2, 0.25) is 0 Å². The number of carbonyl (C=O) groups excluding carboxylic acids is 1. The molecule has 1 aromatic heterocycles. The molecule has 1 amide bonds. The van der Waals surface area contributed by atoms with Crippen LogP contribution in [-0.4, -0.2) is 71.2 Å². The summed E-state index contributed by atoms with van der Waals surface area (Å²) in [6, 6.07) is 10.6. The zero-order valence-corrected chi connectivity index (χ0v) is 17.5. The maximum atomic E-state index is 13.1. The minimum absolute atomic E-state index is 0.0727. The van der Waals surface area contributed by atoms with E-state index in [1.165, 1.54) is 5.69 Å². The predicted octanol–water partition coefficient (Wildman–Crippen LogP) is 2.43. The molecule has 2 aliphatic rings. The lowest BCUT2D eigenvalue weighted by Gasteiger charge is -2.36. The van der Waals surface area contributed by atoms with Gasteiger partial charge in [-0.25, -0.2) is 0 Å². The highest BCUT2D eigenvalue weighted by molar-refractivity contribution is 5.97. The van der Waals surface area contributed by atoms with Gasteiger partial charge in [-0.3, -0.25) is 9.69 Å². The third kappa shape index (κ3) is 4.19. The Morgan fingerprint density at radius 3 is 2.48 bits per heavy atom. The van der Waals surface area contributed by atoms with Gasteiger partial charge in [0.15, 0.2) is 0 Å². The molecule has 0 spiro atoms. The third-order valence-electron chi connectivity index (χ3n) is 6.30. The van der Waals surface area contributed by atoms with Gasteiger partial charge in [-0.1, -0.05) is 18.2 Å². The van der Waals surface area contributed by atoms with Crippen LogP contribution in [0.2, 0.25) is 0 Å². The monoisotopic (exact) mass is 396 g/mol. The molecule has 0 radical (unpaired) electrons. The maximum Gasteiger partial charge on any atom is 0.256 e. The van der Waals surface area contributed by atoms with Crippen LogP contribution in [0, 0.1) is 6.92 Å². The number of aliphatic hydroxyl groups excluding tert-OH is 1. The Balaban J connectivity index is 1.29. The quantitative estimate of drug-likeness (QED) is 0.843. The topological polar surface area (TPSA) is 52.0 Å². The van der Waals surface area contributed by atoms with E-state index >= 15 is 0 Å². The van der Waals surface area contributed by atoms with Crippen LogP contribution in [0.1, 0.15) is 40.6 Å². The Labute approximate surface area is 173 Å². The van der Waals surface area contributed by atoms with Crippen LogP contribution in [0.3, 0.4) is 0 Å². The minimum atomic E-state index is -0.566. The van der Waals surface area contributed by atoms with Crippen LogP contribution in [0.5, 0.6) is 0 Å². The molecule has 29 heavy (non-hydrogen) atoms. The first-order valence-corrected chi connectivity index (χ1v) is 10.7. The molecular weight excluding hydrogens is 364 g/mol. The first-order valence-electron chi connectivity index (χ1n) is 10.7. The minimum Gasteiger partial charge on any atom is -0.387 e. The molecule has 0 aliphatic carbocycles. The zero-order valence-electron chi connectivity index (χ0n) is 17.5. The second-order valence-corrected chi connectivity index (χ2v) is 8.30. The largest absolute Gasteiger partial charge is 0.387 e. The van der Waals surface area contributed by atoms with Crippen LogP contribution in [-0.2, 0) is 7.05 Å². The number of hydrogen-bond acceptors (Lipinski definition) is 4. The second-order valence-electron chi connectivity index (χ2n) is 8.30. The van der Waals surface area contributed by atoms with Gasteiger partial charge < -0.3 is 19.5 Å². The first-order chi connectivity index (χ1) is 14.0. The van der Waals surface area contributed by atoms with E-state index in [1.54, 1.807) is 0 Å². The average molecular weight is 397 g/mol. The number of benzene rings is 1. The van der Waals surface area contributed by atoms with Gasteiger partial charge >= 0.3 is 0 Å². The molecule has 2 aromatic rings. The Kier molecular flexibility index (Phi) is 5.92. The van der Waals surface area contributed by atoms with Gasteiger partial charge in [0.25, 0.3) is 5.91 Å². The highest BCUT2D eigenvalue weighted by atomic mass is 16.3. The van der Waals surface area contributed by atoms with Gasteiger partial charge in [-0.2, -0.15) is 0 Å². The summed E-state index contributed by atoms with van der Waals surface area (Å²) in [5.41, 5.74) is 3.73. The number of aryl methyl sites for hydroxylation is 2. The van der Waals surface area contributed by atoms with E-state index in [-0.39, 0.29) is 5.91 Å². The third-order valence-corrected chi connectivity index (χ3v) is 6.30. The summed E-state index contributed by atoms with van der Waals surface area (Å²) in [6.07, 6.45) is 2.95. The summed E-state index contributed by atoms with van der Waals surface area (Å²) in [5, 5.41) is 10.5. The van der Waals surface area contributed by atoms with Crippen molar-refractivity contribution in [3.63, 3.8) is 0 Å². The molecule has 3 heterocycles. The summed E-state index contributed by atoms with van der Waals surface area (Å²) < 4.78 is 1.91. The Bertz CT molecular complexity index is 840. The second kappa shape index (κ2) is 8.59. The fourth-order valence-electron chi connectivity index (χ4n) is 4.72. The number of aliphatic hydroxyl groups is 1. The number of hydrogen-bond donors (Lipinski definition) is 1. The molecule has 1 atom stereocenters. The molecule has 0 saturated carbocycles. The number of para-hydroxylation sites is 1. The first kappa shape index (κ1) is 20.0. The van der Waals surface area contributed by atoms with Crippen molar-refractivity contribution in [1.29, 1.82) is 0 Å². The van der Waals surface area contributed by atoms with Crippen molar-refractivity contribution in [2.75, 3.05) is 50.7 Å². The number of piperazine rings is 1. The summed E-state index contributed by atoms with van der Waals surface area (Å²) in [6.45, 7) is 8.55. The molecule has 6 nitrogen and oxygen atoms in total. The maximum absolute atomic E-state index is 13.1. The van der Waals surface area contributed by atoms with Crippen molar-refractivity contribution in [3.8, 4) is 0 Å². The number of nitrogens with zero attached hydrogens (tertiary/aromatic N) is 4. The molecule has 2 aliphatic heterocycles. The number of aromatic nitrogens is 1. The smallest absolute Gasteiger partial charge is 0.256 e. The van der Waals surface area contributed by atoms with Gasteiger partial charge in [0.1, 0.15) is 0 Å². The molecular formula is C23H32N4O2. The average Bonchev–Trinajstić information content (AvgIpc) is 2.97. The van der Waals surface area contributed by atoms with E-state index < -0.39 is 6.10 Å². The Hall–Kier alpha value is -2.31. The van der Waals surface area contributed by atoms with Crippen LogP contribution in [0.25, 0.3) is 0 Å². The van der Waals surface area contributed by atoms with Crippen LogP contribution in [0.4, 0.5) is 5.69 Å². The van der Waals surface area contributed by atoms with Crippen molar-refractivity contribution in [3.05, 3.63) is 53.3 Å². The number of carbonyl (C=O) groups is 1. The zero-order chi connectivity index (χ0) is 20.4. The normalized spacial score (nSPS) is 20.7. The Morgan fingerprint density at radius 1 is 1.03 bits per heavy atom. The van der Waals surface area contributed by atoms with Crippen molar-refractivity contribution < 1.29 is 9.90 Å². The van der Waals surface area contributed by atoms with Crippen molar-refractivity contribution >= 4 is 11.6 Å². The molecule has 1 saturated heterocycles. The molecule has 1 aromatic carbocycles. The highest BCUT2D eigenvalue weighted by Gasteiger charge is 2.31. The summed E-state index contributed by atoms with van der Waals surface area (Å²) in [7, 11) is 1.91. The van der Waals surface area contributed by atoms with E-state index in [4.69, 9.17) is 0 Å². The summed E-state index contributed by atoms with van der Waals surface area (Å²) in [4.78, 5) is 19.9. The van der Waals surface area contributed by atoms with Gasteiger partial charge in [-0.15, -0.1) is 0 Å². The van der Waals surface area contributed by atoms with Gasteiger partial charge in [-0.05, 0) is 44.0 Å². The summed E-state index contributed by atoms with van der Waals surface area (Å²) >= 11 is 0. The molecule has 156 valence electrons. The van der Waals surface area contributed by atoms with Crippen molar-refractivity contribution in [2.24, 2.45) is 7.05 Å². The standard InChI is InChI=1S/C23H32N4O2/c1-18-17-24(2)22-20(28)9-12-27(23(29)21(18)22)11-6-10-25-13-15-26(16-14-25)19-7-4-3-5-8-19/h3-5,7-8,17,20,28H,6,9-16H2,1-2H3. The summed E-state index contributed by atoms with van der Waals surface area (Å²) in [5.74, 6) is 0.0727. The van der Waals surface area contributed by atoms with Gasteiger partial charge in [0, 0.05) is 58.2 Å². The fourth-order valence-corrected chi connectivity index (χ4v) is 4.72. The lowest BCUT2D eigenvalue weighted by Crippen LogP contribution is -2.47. The number of rotatable bonds is 5. The number of amides is 1. The molecule has 4 rings (SSSR count). The van der Waals surface area contributed by atoms with Crippen LogP contribution in [0.15, 0.2) is 36.5 Å². The van der Waals surface area contributed by atoms with E-state index in [1.807, 2.05) is 29.6 Å². The van der Waals surface area contributed by atoms with E-state index in [0.717, 1.165) is 56.9 Å². The lowest BCUT2D eigenvalue weighted by atomic mass is 10.1. The Morgan fingerprint density at radius 2 is 1.76 bits per heavy atom. The number of anilines is 1. The van der Waals surface area contributed by atoms with E-state index in [0.29, 0.717) is 18.5 Å². The lowest BCUT2D eigenvalue weighted by molar-refractivity contribution is 0.0737. The van der Waals surface area contributed by atoms with Crippen LogP contribution >= 0.6 is 0 Å². The molecule has 6 heteroatoms. The van der Waals surface area contributed by atoms with Crippen molar-refractivity contribution in [2.45, 2.75) is 25.9 Å². The van der Waals surface area contributed by atoms with Crippen molar-refractivity contribution in [1.82, 2.24) is 14.4 Å². The molecule has 1 fully saturated rings. The molecule has 1 unspecified atom stereocenters. The number of fused-ring (bicyclic) bond motifs is 1. The molecule has 0 bridgehead atoms. The van der Waals surface area contributed by atoms with E-state index in [2.05, 4.69) is 40.1 Å². The van der Waals surface area contributed by atoms with E-state index in [9.17, 15) is 9.90 Å². The van der Waals surface area contributed by atoms with Gasteiger partial charge in [0.05, 0.1) is 17.4 Å².